The SMILES string of the molecule is Cc1cc(Nc2ccc3cc4c(cc3c2)oc2c(C)cc3c5cc6ccc(N(c7cc(C)c(C)c(C)c7)c7cc(C)c(C)c(C)c7)cc6cc5oc3c24)cc(C)c1C. The molecule has 10 aromatic rings. The van der Waals surface area contributed by atoms with Gasteiger partial charge in [0.15, 0.2) is 0 Å². The van der Waals surface area contributed by atoms with Crippen molar-refractivity contribution in [2.75, 3.05) is 10.2 Å². The fraction of sp³-hybridized carbons (Fsp3) is 0.185. The van der Waals surface area contributed by atoms with Gasteiger partial charge in [-0.2, -0.15) is 0 Å². The van der Waals surface area contributed by atoms with Gasteiger partial charge >= 0.3 is 0 Å². The van der Waals surface area contributed by atoms with E-state index in [1.165, 1.54) is 55.5 Å². The molecule has 0 aliphatic rings. The molecule has 10 rings (SSSR count). The molecule has 1 N–H and O–H groups in total. The molecule has 0 unspecified atom stereocenters. The minimum atomic E-state index is 0.857. The zero-order chi connectivity index (χ0) is 40.3. The average Bonchev–Trinajstić information content (AvgIpc) is 3.74. The first-order valence-corrected chi connectivity index (χ1v) is 20.3. The Morgan fingerprint density at radius 1 is 0.362 bits per heavy atom. The minimum absolute atomic E-state index is 0.857. The highest BCUT2D eigenvalue weighted by molar-refractivity contribution is 6.25. The molecule has 2 heterocycles. The summed E-state index contributed by atoms with van der Waals surface area (Å²) in [7, 11) is 0. The normalized spacial score (nSPS) is 12.0. The van der Waals surface area contributed by atoms with Crippen molar-refractivity contribution in [1.82, 2.24) is 0 Å². The number of nitrogens with zero attached hydrogens (tertiary/aromatic N) is 1. The summed E-state index contributed by atoms with van der Waals surface area (Å²) in [5.74, 6) is 0. The molecule has 4 heteroatoms. The largest absolute Gasteiger partial charge is 0.456 e. The van der Waals surface area contributed by atoms with Gasteiger partial charge in [0.05, 0.1) is 5.39 Å². The number of benzene rings is 8. The number of hydrogen-bond acceptors (Lipinski definition) is 4. The van der Waals surface area contributed by atoms with E-state index in [-0.39, 0.29) is 0 Å². The lowest BCUT2D eigenvalue weighted by Crippen LogP contribution is -2.12. The number of nitrogens with one attached hydrogen (secondary N) is 1. The fourth-order valence-corrected chi connectivity index (χ4v) is 9.02. The van der Waals surface area contributed by atoms with Crippen LogP contribution >= 0.6 is 0 Å². The van der Waals surface area contributed by atoms with Gasteiger partial charge in [0.25, 0.3) is 0 Å². The second-order valence-corrected chi connectivity index (χ2v) is 16.9. The first-order valence-electron chi connectivity index (χ1n) is 20.3. The molecule has 0 saturated heterocycles. The molecule has 0 spiro atoms. The highest BCUT2D eigenvalue weighted by atomic mass is 16.3. The third-order valence-electron chi connectivity index (χ3n) is 13.1. The van der Waals surface area contributed by atoms with Gasteiger partial charge in [-0.15, -0.1) is 0 Å². The second kappa shape index (κ2) is 13.0. The van der Waals surface area contributed by atoms with Crippen molar-refractivity contribution in [2.45, 2.75) is 69.2 Å². The molecule has 0 bridgehead atoms. The standard InChI is InChI=1S/C54H48N2O2/c1-28-15-43(16-29(2)35(28)8)55-42-13-11-38-25-49-51(26-40(38)22-42)57-53-34(7)21-48-47-24-39-12-14-44(23-41(39)27-50(47)58-54(48)52(49)53)56(45-17-30(3)36(9)31(4)18-45)46-19-32(5)37(10)33(6)20-46/h11-27,55H,1-10H3. The number of hydrogen-bond donors (Lipinski definition) is 1. The van der Waals surface area contributed by atoms with E-state index in [4.69, 9.17) is 8.83 Å². The molecule has 0 radical (unpaired) electrons. The zero-order valence-corrected chi connectivity index (χ0v) is 35.1. The maximum Gasteiger partial charge on any atom is 0.147 e. The van der Waals surface area contributed by atoms with Crippen LogP contribution in [0, 0.1) is 69.2 Å². The summed E-state index contributed by atoms with van der Waals surface area (Å²) in [4.78, 5) is 2.40. The topological polar surface area (TPSA) is 41.6 Å². The second-order valence-electron chi connectivity index (χ2n) is 16.9. The third-order valence-corrected chi connectivity index (χ3v) is 13.1. The third kappa shape index (κ3) is 5.65. The molecule has 0 atom stereocenters. The van der Waals surface area contributed by atoms with Crippen molar-refractivity contribution < 1.29 is 8.83 Å². The molecule has 0 fully saturated rings. The van der Waals surface area contributed by atoms with Crippen molar-refractivity contribution >= 4 is 93.9 Å². The summed E-state index contributed by atoms with van der Waals surface area (Å²) in [6.45, 7) is 21.9. The van der Waals surface area contributed by atoms with Gasteiger partial charge in [0.2, 0.25) is 0 Å². The molecule has 8 aromatic carbocycles. The smallest absolute Gasteiger partial charge is 0.147 e. The zero-order valence-electron chi connectivity index (χ0n) is 35.1. The Morgan fingerprint density at radius 2 is 0.862 bits per heavy atom. The fourth-order valence-electron chi connectivity index (χ4n) is 9.02. The first-order chi connectivity index (χ1) is 27.8. The van der Waals surface area contributed by atoms with Gasteiger partial charge in [-0.25, -0.2) is 0 Å². The van der Waals surface area contributed by atoms with Gasteiger partial charge in [0, 0.05) is 44.6 Å². The summed E-state index contributed by atoms with van der Waals surface area (Å²) in [5, 5.41) is 12.5. The molecule has 0 saturated carbocycles. The monoisotopic (exact) mass is 756 g/mol. The summed E-state index contributed by atoms with van der Waals surface area (Å²) >= 11 is 0. The van der Waals surface area contributed by atoms with Gasteiger partial charge in [-0.3, -0.25) is 0 Å². The molecule has 0 aliphatic heterocycles. The number of fused-ring (bicyclic) bond motifs is 9. The van der Waals surface area contributed by atoms with Gasteiger partial charge in [0.1, 0.15) is 22.3 Å². The van der Waals surface area contributed by atoms with E-state index >= 15 is 0 Å². The van der Waals surface area contributed by atoms with Crippen LogP contribution in [-0.2, 0) is 0 Å². The Bertz CT molecular complexity index is 3250. The van der Waals surface area contributed by atoms with Crippen molar-refractivity contribution in [1.29, 1.82) is 0 Å². The van der Waals surface area contributed by atoms with Gasteiger partial charge in [-0.1, -0.05) is 12.1 Å². The van der Waals surface area contributed by atoms with Crippen LogP contribution in [0.5, 0.6) is 0 Å². The van der Waals surface area contributed by atoms with E-state index in [9.17, 15) is 0 Å². The number of aryl methyl sites for hydroxylation is 7. The van der Waals surface area contributed by atoms with Crippen molar-refractivity contribution in [3.63, 3.8) is 0 Å². The van der Waals surface area contributed by atoms with Crippen molar-refractivity contribution in [2.24, 2.45) is 0 Å². The van der Waals surface area contributed by atoms with E-state index < -0.39 is 0 Å². The Kier molecular flexibility index (Phi) is 8.04. The number of anilines is 5. The lowest BCUT2D eigenvalue weighted by atomic mass is 9.99. The van der Waals surface area contributed by atoms with Crippen LogP contribution in [0.1, 0.15) is 55.6 Å². The van der Waals surface area contributed by atoms with E-state index in [1.54, 1.807) is 0 Å². The molecular formula is C54H48N2O2. The summed E-state index contributed by atoms with van der Waals surface area (Å²) in [6, 6.07) is 38.2. The maximum atomic E-state index is 6.90. The highest BCUT2D eigenvalue weighted by Gasteiger charge is 2.21. The van der Waals surface area contributed by atoms with E-state index in [2.05, 4.69) is 183 Å². The van der Waals surface area contributed by atoms with Gasteiger partial charge < -0.3 is 19.1 Å². The molecule has 58 heavy (non-hydrogen) atoms. The highest BCUT2D eigenvalue weighted by Crippen LogP contribution is 2.45. The average molecular weight is 757 g/mol. The van der Waals surface area contributed by atoms with Crippen LogP contribution in [0.3, 0.4) is 0 Å². The summed E-state index contributed by atoms with van der Waals surface area (Å²) < 4.78 is 13.6. The molecule has 2 aromatic heterocycles. The number of rotatable bonds is 5. The van der Waals surface area contributed by atoms with Crippen LogP contribution in [0.25, 0.3) is 65.4 Å². The summed E-state index contributed by atoms with van der Waals surface area (Å²) in [6.07, 6.45) is 0. The Hall–Kier alpha value is -6.52. The van der Waals surface area contributed by atoms with E-state index in [0.717, 1.165) is 94.0 Å². The Morgan fingerprint density at radius 3 is 1.47 bits per heavy atom. The van der Waals surface area contributed by atoms with E-state index in [1.807, 2.05) is 0 Å². The van der Waals surface area contributed by atoms with Crippen LogP contribution in [0.2, 0.25) is 0 Å². The number of furan rings is 2. The minimum Gasteiger partial charge on any atom is -0.456 e. The Balaban J connectivity index is 1.11. The molecule has 4 nitrogen and oxygen atoms in total. The molecule has 286 valence electrons. The van der Waals surface area contributed by atoms with Crippen LogP contribution < -0.4 is 10.2 Å². The lowest BCUT2D eigenvalue weighted by Gasteiger charge is -2.28. The van der Waals surface area contributed by atoms with Crippen LogP contribution in [-0.4, -0.2) is 0 Å². The van der Waals surface area contributed by atoms with Crippen LogP contribution in [0.15, 0.2) is 112 Å². The molecule has 0 aliphatic carbocycles. The van der Waals surface area contributed by atoms with E-state index in [0.29, 0.717) is 0 Å². The maximum absolute atomic E-state index is 6.90. The van der Waals surface area contributed by atoms with Gasteiger partial charge in [-0.05, 0) is 237 Å². The Labute approximate surface area is 339 Å². The molecular weight excluding hydrogens is 709 g/mol. The van der Waals surface area contributed by atoms with Crippen molar-refractivity contribution in [3.05, 3.63) is 159 Å². The lowest BCUT2D eigenvalue weighted by molar-refractivity contribution is 0.661. The first kappa shape index (κ1) is 35.9. The summed E-state index contributed by atoms with van der Waals surface area (Å²) in [5.41, 5.74) is 21.9. The van der Waals surface area contributed by atoms with Crippen molar-refractivity contribution in [3.8, 4) is 0 Å². The molecule has 0 amide bonds. The predicted octanol–water partition coefficient (Wildman–Crippen LogP) is 16.1. The quantitative estimate of drug-likeness (QED) is 0.190. The van der Waals surface area contributed by atoms with Crippen LogP contribution in [0.4, 0.5) is 28.4 Å². The predicted molar refractivity (Wildman–Crippen MR) is 248 cm³/mol.